The number of aliphatic hydroxyl groups excluding tert-OH is 1. The minimum Gasteiger partial charge on any atom is -0.392 e. The van der Waals surface area contributed by atoms with Gasteiger partial charge in [-0.2, -0.15) is 0 Å². The van der Waals surface area contributed by atoms with E-state index in [4.69, 9.17) is 4.98 Å². The molecule has 3 aliphatic heterocycles. The Balaban J connectivity index is 0.904. The summed E-state index contributed by atoms with van der Waals surface area (Å²) in [6, 6.07) is 15.6. The molecule has 1 aliphatic carbocycles. The first kappa shape index (κ1) is 47.8. The maximum Gasteiger partial charge on any atom is 0.293 e. The van der Waals surface area contributed by atoms with Crippen LogP contribution in [0.2, 0.25) is 0 Å². The Bertz CT molecular complexity index is 3020. The van der Waals surface area contributed by atoms with Crippen LogP contribution in [0.1, 0.15) is 80.3 Å². The molecule has 3 aromatic heterocycles. The number of nitrogens with one attached hydrogen (secondary N) is 2. The molecular weight excluding hydrogens is 893 g/mol. The molecular formula is C52H64N10O6S. The van der Waals surface area contributed by atoms with Gasteiger partial charge in [-0.05, 0) is 125 Å². The molecule has 5 aromatic rings. The quantitative estimate of drug-likeness (QED) is 0.117. The zero-order valence-corrected chi connectivity index (χ0v) is 41.6. The summed E-state index contributed by atoms with van der Waals surface area (Å²) >= 11 is 0. The molecule has 0 saturated carbocycles. The number of nitrogens with zero attached hydrogens (tertiary/aromatic N) is 8. The number of amides is 2. The first-order valence-corrected chi connectivity index (χ1v) is 25.6. The van der Waals surface area contributed by atoms with E-state index in [0.717, 1.165) is 75.3 Å². The second-order valence-electron chi connectivity index (χ2n) is 20.2. The van der Waals surface area contributed by atoms with Crippen LogP contribution >= 0.6 is 0 Å². The van der Waals surface area contributed by atoms with Crippen LogP contribution in [-0.2, 0) is 47.7 Å². The number of pyridine rings is 1. The SMILES string of the molecule is C=CC(=O)Nc1cc(Nc2nc(-c3ccnc(N4CCn5c(cc6c5CC(C)(C)C6)C4=O)c3CO)cn(C)c2=O)ccc1N1CCN(C2CCN(c3ccc(S(=O)(=O)C(C)C)c(C)c3)CC2)CC1C. The number of carbonyl (C=O) groups excluding carboxylic acids is 2. The number of aromatic nitrogens is 4. The smallest absolute Gasteiger partial charge is 0.293 e. The highest BCUT2D eigenvalue weighted by atomic mass is 32.2. The Morgan fingerprint density at radius 3 is 2.46 bits per heavy atom. The molecule has 2 fully saturated rings. The van der Waals surface area contributed by atoms with Crippen LogP contribution in [0.15, 0.2) is 83.3 Å². The van der Waals surface area contributed by atoms with Gasteiger partial charge in [0.15, 0.2) is 15.7 Å². The van der Waals surface area contributed by atoms with Gasteiger partial charge in [0.25, 0.3) is 11.5 Å². The van der Waals surface area contributed by atoms with Gasteiger partial charge in [-0.25, -0.2) is 18.4 Å². The molecule has 3 N–H and O–H groups in total. The summed E-state index contributed by atoms with van der Waals surface area (Å²) in [5.41, 5.74) is 7.96. The van der Waals surface area contributed by atoms with E-state index in [1.54, 1.807) is 56.4 Å². The number of rotatable bonds is 12. The van der Waals surface area contributed by atoms with Gasteiger partial charge in [0.2, 0.25) is 5.91 Å². The minimum atomic E-state index is -3.35. The van der Waals surface area contributed by atoms with E-state index >= 15 is 0 Å². The van der Waals surface area contributed by atoms with Crippen molar-refractivity contribution in [2.24, 2.45) is 12.5 Å². The van der Waals surface area contributed by atoms with Gasteiger partial charge >= 0.3 is 0 Å². The zero-order chi connectivity index (χ0) is 49.1. The Labute approximate surface area is 404 Å². The number of hydrogen-bond acceptors (Lipinski definition) is 12. The number of benzene rings is 2. The van der Waals surface area contributed by atoms with E-state index in [2.05, 4.69) is 62.2 Å². The Kier molecular flexibility index (Phi) is 12.8. The lowest BCUT2D eigenvalue weighted by Crippen LogP contribution is -2.57. The van der Waals surface area contributed by atoms with Crippen molar-refractivity contribution in [2.75, 3.05) is 64.6 Å². The van der Waals surface area contributed by atoms with E-state index in [9.17, 15) is 27.9 Å². The van der Waals surface area contributed by atoms with Crippen LogP contribution in [0, 0.1) is 12.3 Å². The van der Waals surface area contributed by atoms with Crippen molar-refractivity contribution < 1.29 is 23.1 Å². The fourth-order valence-electron chi connectivity index (χ4n) is 10.9. The molecule has 6 heterocycles. The third kappa shape index (κ3) is 9.07. The maximum atomic E-state index is 14.1. The maximum absolute atomic E-state index is 14.1. The topological polar surface area (TPSA) is 178 Å². The largest absolute Gasteiger partial charge is 0.392 e. The summed E-state index contributed by atoms with van der Waals surface area (Å²) in [5, 5.41) is 16.6. The van der Waals surface area contributed by atoms with Gasteiger partial charge < -0.3 is 34.7 Å². The first-order valence-electron chi connectivity index (χ1n) is 24.0. The van der Waals surface area contributed by atoms with Gasteiger partial charge in [-0.15, -0.1) is 0 Å². The molecule has 0 bridgehead atoms. The third-order valence-electron chi connectivity index (χ3n) is 14.5. The van der Waals surface area contributed by atoms with Crippen molar-refractivity contribution in [3.8, 4) is 11.3 Å². The lowest BCUT2D eigenvalue weighted by atomic mass is 9.90. The summed E-state index contributed by atoms with van der Waals surface area (Å²) in [6.07, 6.45) is 8.25. The third-order valence-corrected chi connectivity index (χ3v) is 16.8. The van der Waals surface area contributed by atoms with E-state index in [1.165, 1.54) is 21.9 Å². The number of aryl methyl sites for hydroxylation is 2. The lowest BCUT2D eigenvalue weighted by molar-refractivity contribution is -0.111. The summed E-state index contributed by atoms with van der Waals surface area (Å²) < 4.78 is 29.3. The van der Waals surface area contributed by atoms with Crippen LogP contribution in [0.25, 0.3) is 11.3 Å². The van der Waals surface area contributed by atoms with Gasteiger partial charge in [-0.1, -0.05) is 20.4 Å². The summed E-state index contributed by atoms with van der Waals surface area (Å²) in [5.74, 6) is -0.145. The second-order valence-corrected chi connectivity index (χ2v) is 22.7. The van der Waals surface area contributed by atoms with Crippen molar-refractivity contribution in [1.29, 1.82) is 0 Å². The fraction of sp³-hybridized carbons (Fsp3) is 0.442. The fourth-order valence-corrected chi connectivity index (χ4v) is 12.2. The second kappa shape index (κ2) is 18.6. The number of sulfone groups is 1. The molecule has 17 heteroatoms. The predicted molar refractivity (Wildman–Crippen MR) is 272 cm³/mol. The van der Waals surface area contributed by atoms with Gasteiger partial charge in [-0.3, -0.25) is 24.2 Å². The van der Waals surface area contributed by atoms with Crippen LogP contribution in [0.3, 0.4) is 0 Å². The molecule has 4 aliphatic rings. The van der Waals surface area contributed by atoms with Gasteiger partial charge in [0, 0.05) is 106 Å². The average molecular weight is 957 g/mol. The number of hydrogen-bond donors (Lipinski definition) is 3. The Morgan fingerprint density at radius 1 is 1.00 bits per heavy atom. The molecule has 1 unspecified atom stereocenters. The van der Waals surface area contributed by atoms with Crippen LogP contribution < -0.4 is 30.9 Å². The van der Waals surface area contributed by atoms with E-state index < -0.39 is 21.7 Å². The highest BCUT2D eigenvalue weighted by Gasteiger charge is 2.38. The number of aliphatic hydroxyl groups is 1. The zero-order valence-electron chi connectivity index (χ0n) is 40.7. The van der Waals surface area contributed by atoms with Crippen LogP contribution in [-0.4, -0.2) is 106 Å². The molecule has 2 aromatic carbocycles. The monoisotopic (exact) mass is 956 g/mol. The standard InChI is InChI=1S/C52H64N10O6S/c1-9-47(64)55-41-26-36(10-12-43(41)60-21-20-59(29-34(60)5)37-15-18-58(19-16-37)38-11-13-46(33(4)24-38)69(67,68)32(2)3)54-48-51(66)57(8)30-42(56-48)39-14-17-53-49(40(39)31-63)62-23-22-61-44(50(62)65)25-35-27-52(6,7)28-45(35)61/h9-14,17,24-26,30,32,34,37,63H,1,15-16,18-23,27-29,31H2,2-8H3,(H,54,56)(H,55,64). The Hall–Kier alpha value is -6.30. The van der Waals surface area contributed by atoms with Gasteiger partial charge in [0.1, 0.15) is 11.5 Å². The molecule has 0 spiro atoms. The lowest BCUT2D eigenvalue weighted by Gasteiger charge is -2.47. The number of carbonyl (C=O) groups is 2. The number of fused-ring (bicyclic) bond motifs is 3. The van der Waals surface area contributed by atoms with Crippen LogP contribution in [0.5, 0.6) is 0 Å². The van der Waals surface area contributed by atoms with Crippen molar-refractivity contribution in [1.82, 2.24) is 24.0 Å². The highest BCUT2D eigenvalue weighted by Crippen LogP contribution is 2.41. The van der Waals surface area contributed by atoms with Crippen LogP contribution in [0.4, 0.5) is 34.4 Å². The summed E-state index contributed by atoms with van der Waals surface area (Å²) in [6.45, 7) is 20.4. The molecule has 2 amide bonds. The molecule has 364 valence electrons. The molecule has 1 atom stereocenters. The van der Waals surface area contributed by atoms with E-state index in [-0.39, 0.29) is 34.6 Å². The molecule has 69 heavy (non-hydrogen) atoms. The normalized spacial score (nSPS) is 18.7. The summed E-state index contributed by atoms with van der Waals surface area (Å²) in [4.78, 5) is 59.3. The molecule has 0 radical (unpaired) electrons. The van der Waals surface area contributed by atoms with E-state index in [1.807, 2.05) is 37.3 Å². The van der Waals surface area contributed by atoms with Crippen molar-refractivity contribution in [3.63, 3.8) is 0 Å². The predicted octanol–water partition coefficient (Wildman–Crippen LogP) is 6.46. The highest BCUT2D eigenvalue weighted by molar-refractivity contribution is 7.92. The first-order chi connectivity index (χ1) is 32.9. The average Bonchev–Trinajstić information content (AvgIpc) is 3.82. The van der Waals surface area contributed by atoms with Crippen molar-refractivity contribution in [3.05, 3.63) is 112 Å². The van der Waals surface area contributed by atoms with Crippen molar-refractivity contribution >= 4 is 56.0 Å². The number of piperidine rings is 1. The molecule has 2 saturated heterocycles. The summed E-state index contributed by atoms with van der Waals surface area (Å²) in [7, 11) is -1.72. The van der Waals surface area contributed by atoms with Gasteiger partial charge in [0.05, 0.1) is 33.8 Å². The molecule has 9 rings (SSSR count). The number of anilines is 6. The number of piperazine rings is 1. The van der Waals surface area contributed by atoms with E-state index in [0.29, 0.717) is 63.7 Å². The van der Waals surface area contributed by atoms with Crippen molar-refractivity contribution in [2.45, 2.75) is 103 Å². The minimum absolute atomic E-state index is 0.0366. The Morgan fingerprint density at radius 2 is 1.77 bits per heavy atom. The molecule has 16 nitrogen and oxygen atoms in total.